The lowest BCUT2D eigenvalue weighted by Gasteiger charge is -2.01. The number of aliphatic carboxylic acids is 2. The minimum Gasteiger partial charge on any atom is -0.473 e. The molecule has 1 amide bonds. The number of pyridine rings is 1. The smallest absolute Gasteiger partial charge is 0.414 e. The Bertz CT molecular complexity index is 465. The number of hydrogen-bond donors (Lipinski definition) is 2. The molecule has 2 N–H and O–H groups in total. The molecule has 0 aliphatic heterocycles. The summed E-state index contributed by atoms with van der Waals surface area (Å²) in [5, 5.41) is 17.1. The summed E-state index contributed by atoms with van der Waals surface area (Å²) in [7, 11) is 0. The van der Waals surface area contributed by atoms with Crippen LogP contribution in [0.4, 0.5) is 0 Å². The summed E-state index contributed by atoms with van der Waals surface area (Å²) in [5.41, 5.74) is 1.58. The van der Waals surface area contributed by atoms with Gasteiger partial charge in [0.2, 0.25) is 0 Å². The number of carbonyl (C=O) groups excluding carboxylic acids is 1. The van der Waals surface area contributed by atoms with Crippen LogP contribution in [0.25, 0.3) is 0 Å². The van der Waals surface area contributed by atoms with Crippen molar-refractivity contribution in [2.45, 2.75) is 13.8 Å². The fraction of sp³-hybridized carbons (Fsp3) is 0.200. The van der Waals surface area contributed by atoms with Gasteiger partial charge in [-0.15, -0.1) is 4.91 Å². The molecule has 0 aromatic carbocycles. The molecule has 0 spiro atoms. The second-order valence-electron chi connectivity index (χ2n) is 3.10. The van der Waals surface area contributed by atoms with Gasteiger partial charge >= 0.3 is 17.8 Å². The van der Waals surface area contributed by atoms with Crippen LogP contribution < -0.4 is 0 Å². The van der Waals surface area contributed by atoms with Crippen LogP contribution in [-0.2, 0) is 9.59 Å². The Balaban J connectivity index is 0.000000411. The lowest BCUT2D eigenvalue weighted by molar-refractivity contribution is -0.159. The molecule has 0 atom stereocenters. The zero-order chi connectivity index (χ0) is 14.3. The minimum absolute atomic E-state index is 0.313. The maximum Gasteiger partial charge on any atom is 0.414 e. The summed E-state index contributed by atoms with van der Waals surface area (Å²) in [4.78, 5) is 43.0. The summed E-state index contributed by atoms with van der Waals surface area (Å²) in [5.74, 6) is -4.40. The molecule has 0 saturated carbocycles. The van der Waals surface area contributed by atoms with Crippen LogP contribution in [0.1, 0.15) is 21.6 Å². The molecule has 0 saturated heterocycles. The van der Waals surface area contributed by atoms with Crippen molar-refractivity contribution in [2.75, 3.05) is 0 Å². The van der Waals surface area contributed by atoms with Gasteiger partial charge in [0, 0.05) is 11.4 Å². The zero-order valence-electron chi connectivity index (χ0n) is 9.58. The molecule has 0 bridgehead atoms. The fourth-order valence-electron chi connectivity index (χ4n) is 1.06. The van der Waals surface area contributed by atoms with Gasteiger partial charge in [0.25, 0.3) is 0 Å². The standard InChI is InChI=1S/C8H8N2O2.C2H2O4/c1-5-3-4-9-6(2)7(5)8(11)10-12;3-1(4)2(5)6/h3-4H,1-2H3;(H,3,4)(H,5,6). The predicted octanol–water partition coefficient (Wildman–Crippen LogP) is 0.761. The van der Waals surface area contributed by atoms with Crippen LogP contribution in [0.2, 0.25) is 0 Å². The molecule has 1 heterocycles. The second kappa shape index (κ2) is 6.84. The quantitative estimate of drug-likeness (QED) is 0.557. The van der Waals surface area contributed by atoms with Crippen molar-refractivity contribution in [1.82, 2.24) is 4.98 Å². The summed E-state index contributed by atoms with van der Waals surface area (Å²) < 4.78 is 0. The van der Waals surface area contributed by atoms with E-state index in [9.17, 15) is 9.70 Å². The van der Waals surface area contributed by atoms with E-state index < -0.39 is 17.8 Å². The highest BCUT2D eigenvalue weighted by molar-refractivity contribution is 6.27. The van der Waals surface area contributed by atoms with Crippen LogP contribution >= 0.6 is 0 Å². The molecular formula is C10H10N2O6. The summed E-state index contributed by atoms with van der Waals surface area (Å²) in [6.45, 7) is 3.42. The summed E-state index contributed by atoms with van der Waals surface area (Å²) in [6.07, 6.45) is 1.59. The number of nitrogens with zero attached hydrogens (tertiary/aromatic N) is 2. The van der Waals surface area contributed by atoms with Crippen molar-refractivity contribution < 1.29 is 24.6 Å². The first-order valence-electron chi connectivity index (χ1n) is 4.57. The normalized spacial score (nSPS) is 8.78. The molecular weight excluding hydrogens is 244 g/mol. The highest BCUT2D eigenvalue weighted by Crippen LogP contribution is 2.11. The first-order valence-corrected chi connectivity index (χ1v) is 4.57. The maximum absolute atomic E-state index is 10.9. The van der Waals surface area contributed by atoms with Crippen molar-refractivity contribution in [2.24, 2.45) is 5.18 Å². The monoisotopic (exact) mass is 254 g/mol. The third-order valence-electron chi connectivity index (χ3n) is 1.83. The molecule has 0 fully saturated rings. The molecule has 8 heteroatoms. The van der Waals surface area contributed by atoms with Gasteiger partial charge in [0.15, 0.2) is 0 Å². The number of carboxylic acids is 2. The number of rotatable bonds is 1. The second-order valence-corrected chi connectivity index (χ2v) is 3.10. The van der Waals surface area contributed by atoms with Gasteiger partial charge in [-0.3, -0.25) is 9.78 Å². The zero-order valence-corrected chi connectivity index (χ0v) is 9.58. The van der Waals surface area contributed by atoms with Gasteiger partial charge in [-0.25, -0.2) is 9.59 Å². The van der Waals surface area contributed by atoms with E-state index in [0.29, 0.717) is 11.3 Å². The lowest BCUT2D eigenvalue weighted by atomic mass is 10.1. The molecule has 1 aromatic rings. The largest absolute Gasteiger partial charge is 0.473 e. The fourth-order valence-corrected chi connectivity index (χ4v) is 1.06. The molecule has 0 radical (unpaired) electrons. The minimum atomic E-state index is -1.82. The van der Waals surface area contributed by atoms with Crippen molar-refractivity contribution in [3.8, 4) is 0 Å². The lowest BCUT2D eigenvalue weighted by Crippen LogP contribution is -2.09. The van der Waals surface area contributed by atoms with E-state index in [4.69, 9.17) is 19.8 Å². The van der Waals surface area contributed by atoms with E-state index in [1.54, 1.807) is 26.1 Å². The average molecular weight is 254 g/mol. The first kappa shape index (κ1) is 15.4. The van der Waals surface area contributed by atoms with Crippen molar-refractivity contribution in [3.63, 3.8) is 0 Å². The van der Waals surface area contributed by atoms with Gasteiger partial charge in [-0.2, -0.15) is 0 Å². The molecule has 18 heavy (non-hydrogen) atoms. The van der Waals surface area contributed by atoms with Crippen LogP contribution in [0.5, 0.6) is 0 Å². The van der Waals surface area contributed by atoms with Crippen molar-refractivity contribution in [1.29, 1.82) is 0 Å². The number of carbonyl (C=O) groups is 3. The molecule has 0 unspecified atom stereocenters. The Labute approximate surface area is 101 Å². The number of aromatic nitrogens is 1. The summed E-state index contributed by atoms with van der Waals surface area (Å²) in [6, 6.07) is 1.67. The first-order chi connectivity index (χ1) is 8.31. The van der Waals surface area contributed by atoms with E-state index in [0.717, 1.165) is 5.56 Å². The molecule has 8 nitrogen and oxygen atoms in total. The molecule has 0 aliphatic rings. The summed E-state index contributed by atoms with van der Waals surface area (Å²) >= 11 is 0. The van der Waals surface area contributed by atoms with E-state index in [2.05, 4.69) is 10.2 Å². The van der Waals surface area contributed by atoms with E-state index >= 15 is 0 Å². The average Bonchev–Trinajstić information content (AvgIpc) is 2.29. The number of carboxylic acid groups (broad SMARTS) is 2. The number of hydrogen-bond acceptors (Lipinski definition) is 5. The third-order valence-corrected chi connectivity index (χ3v) is 1.83. The van der Waals surface area contributed by atoms with E-state index in [-0.39, 0.29) is 0 Å². The third kappa shape index (κ3) is 4.47. The van der Waals surface area contributed by atoms with E-state index in [1.165, 1.54) is 0 Å². The Morgan fingerprint density at radius 3 is 2.00 bits per heavy atom. The van der Waals surface area contributed by atoms with Gasteiger partial charge in [0.1, 0.15) is 0 Å². The highest BCUT2D eigenvalue weighted by Gasteiger charge is 2.12. The number of amides is 1. The highest BCUT2D eigenvalue weighted by atomic mass is 16.4. The van der Waals surface area contributed by atoms with Gasteiger partial charge in [-0.05, 0) is 25.5 Å². The Hall–Kier alpha value is -2.64. The SMILES string of the molecule is Cc1ccnc(C)c1C(=O)N=O.O=C(O)C(=O)O. The van der Waals surface area contributed by atoms with Crippen LogP contribution in [0, 0.1) is 18.8 Å². The van der Waals surface area contributed by atoms with Crippen LogP contribution in [0.15, 0.2) is 17.4 Å². The van der Waals surface area contributed by atoms with E-state index in [1.807, 2.05) is 0 Å². The molecule has 1 aromatic heterocycles. The van der Waals surface area contributed by atoms with Gasteiger partial charge in [-0.1, -0.05) is 0 Å². The van der Waals surface area contributed by atoms with Crippen molar-refractivity contribution in [3.05, 3.63) is 34.0 Å². The molecule has 1 rings (SSSR count). The van der Waals surface area contributed by atoms with Crippen molar-refractivity contribution >= 4 is 17.8 Å². The maximum atomic E-state index is 10.9. The van der Waals surface area contributed by atoms with Gasteiger partial charge < -0.3 is 10.2 Å². The Kier molecular flexibility index (Phi) is 5.84. The number of nitroso groups, excluding NO2 is 1. The molecule has 0 aliphatic carbocycles. The Morgan fingerprint density at radius 1 is 1.17 bits per heavy atom. The number of aryl methyl sites for hydroxylation is 2. The molecule has 96 valence electrons. The van der Waals surface area contributed by atoms with Gasteiger partial charge in [0.05, 0.1) is 11.3 Å². The Morgan fingerprint density at radius 2 is 1.67 bits per heavy atom. The van der Waals surface area contributed by atoms with Crippen LogP contribution in [-0.4, -0.2) is 33.0 Å². The van der Waals surface area contributed by atoms with Crippen LogP contribution in [0.3, 0.4) is 0 Å². The predicted molar refractivity (Wildman–Crippen MR) is 59.1 cm³/mol. The topological polar surface area (TPSA) is 134 Å².